The highest BCUT2D eigenvalue weighted by molar-refractivity contribution is 5.78. The summed E-state index contributed by atoms with van der Waals surface area (Å²) in [4.78, 5) is 16.3. The molecule has 2 N–H and O–H groups in total. The third-order valence-corrected chi connectivity index (χ3v) is 3.95. The van der Waals surface area contributed by atoms with E-state index in [-0.39, 0.29) is 18.9 Å². The molecule has 2 aromatic rings. The van der Waals surface area contributed by atoms with E-state index < -0.39 is 5.60 Å². The van der Waals surface area contributed by atoms with Gasteiger partial charge in [-0.3, -0.25) is 4.79 Å². The number of hydrogen-bond donors (Lipinski definition) is 2. The lowest BCUT2D eigenvalue weighted by molar-refractivity contribution is -0.123. The van der Waals surface area contributed by atoms with Gasteiger partial charge < -0.3 is 19.6 Å². The standard InChI is InChI=1S/C17H20N2O4/c20-15(18-12-17(21)6-8-22-9-7-17)10-14-11-23-16(19-14)13-4-2-1-3-5-13/h1-5,11,21H,6-10,12H2,(H,18,20). The van der Waals surface area contributed by atoms with Crippen molar-refractivity contribution in [2.75, 3.05) is 19.8 Å². The molecule has 6 nitrogen and oxygen atoms in total. The van der Waals surface area contributed by atoms with E-state index in [0.29, 0.717) is 37.6 Å². The van der Waals surface area contributed by atoms with Gasteiger partial charge in [0.25, 0.3) is 0 Å². The molecule has 0 spiro atoms. The molecule has 122 valence electrons. The molecule has 1 aliphatic heterocycles. The van der Waals surface area contributed by atoms with Gasteiger partial charge >= 0.3 is 0 Å². The van der Waals surface area contributed by atoms with E-state index in [1.165, 1.54) is 6.26 Å². The van der Waals surface area contributed by atoms with Crippen molar-refractivity contribution in [3.05, 3.63) is 42.3 Å². The lowest BCUT2D eigenvalue weighted by Crippen LogP contribution is -2.46. The third-order valence-electron chi connectivity index (χ3n) is 3.95. The van der Waals surface area contributed by atoms with E-state index >= 15 is 0 Å². The van der Waals surface area contributed by atoms with Crippen molar-refractivity contribution in [3.63, 3.8) is 0 Å². The first kappa shape index (κ1) is 15.7. The molecule has 1 amide bonds. The molecule has 1 aliphatic rings. The predicted octanol–water partition coefficient (Wildman–Crippen LogP) is 1.54. The van der Waals surface area contributed by atoms with Crippen LogP contribution >= 0.6 is 0 Å². The first-order valence-electron chi connectivity index (χ1n) is 7.71. The number of amides is 1. The van der Waals surface area contributed by atoms with Crippen LogP contribution in [0.4, 0.5) is 0 Å². The van der Waals surface area contributed by atoms with Crippen LogP contribution in [0.15, 0.2) is 41.0 Å². The van der Waals surface area contributed by atoms with E-state index in [1.807, 2.05) is 30.3 Å². The highest BCUT2D eigenvalue weighted by Gasteiger charge is 2.30. The highest BCUT2D eigenvalue weighted by atomic mass is 16.5. The van der Waals surface area contributed by atoms with Gasteiger partial charge in [0.1, 0.15) is 6.26 Å². The van der Waals surface area contributed by atoms with Gasteiger partial charge in [-0.25, -0.2) is 4.98 Å². The van der Waals surface area contributed by atoms with E-state index in [9.17, 15) is 9.90 Å². The molecule has 0 bridgehead atoms. The lowest BCUT2D eigenvalue weighted by Gasteiger charge is -2.32. The molecular formula is C17H20N2O4. The zero-order valence-electron chi connectivity index (χ0n) is 12.8. The number of nitrogens with zero attached hydrogens (tertiary/aromatic N) is 1. The normalized spacial score (nSPS) is 16.9. The summed E-state index contributed by atoms with van der Waals surface area (Å²) < 4.78 is 10.6. The first-order chi connectivity index (χ1) is 11.1. The number of nitrogens with one attached hydrogen (secondary N) is 1. The van der Waals surface area contributed by atoms with Gasteiger partial charge in [0, 0.05) is 38.2 Å². The maximum Gasteiger partial charge on any atom is 0.226 e. The second kappa shape index (κ2) is 6.93. The van der Waals surface area contributed by atoms with Crippen LogP contribution in [-0.2, 0) is 16.0 Å². The fourth-order valence-corrected chi connectivity index (χ4v) is 2.52. The third kappa shape index (κ3) is 4.18. The molecule has 0 unspecified atom stereocenters. The summed E-state index contributed by atoms with van der Waals surface area (Å²) in [5, 5.41) is 13.1. The van der Waals surface area contributed by atoms with Crippen LogP contribution in [0.5, 0.6) is 0 Å². The minimum Gasteiger partial charge on any atom is -0.444 e. The quantitative estimate of drug-likeness (QED) is 0.874. The maximum atomic E-state index is 12.0. The summed E-state index contributed by atoms with van der Waals surface area (Å²) in [6, 6.07) is 9.52. The molecule has 1 saturated heterocycles. The van der Waals surface area contributed by atoms with Crippen molar-refractivity contribution in [3.8, 4) is 11.5 Å². The molecule has 1 fully saturated rings. The smallest absolute Gasteiger partial charge is 0.226 e. The van der Waals surface area contributed by atoms with E-state index in [2.05, 4.69) is 10.3 Å². The van der Waals surface area contributed by atoms with Gasteiger partial charge in [0.05, 0.1) is 17.7 Å². The molecule has 3 rings (SSSR count). The zero-order valence-corrected chi connectivity index (χ0v) is 12.8. The Labute approximate surface area is 134 Å². The van der Waals surface area contributed by atoms with Crippen LogP contribution in [0, 0.1) is 0 Å². The van der Waals surface area contributed by atoms with Crippen LogP contribution in [0.3, 0.4) is 0 Å². The monoisotopic (exact) mass is 316 g/mol. The number of benzene rings is 1. The van der Waals surface area contributed by atoms with Gasteiger partial charge in [-0.2, -0.15) is 0 Å². The van der Waals surface area contributed by atoms with Crippen LogP contribution in [0.2, 0.25) is 0 Å². The van der Waals surface area contributed by atoms with Gasteiger partial charge in [-0.1, -0.05) is 18.2 Å². The molecule has 1 aromatic carbocycles. The highest BCUT2D eigenvalue weighted by Crippen LogP contribution is 2.20. The van der Waals surface area contributed by atoms with Gasteiger partial charge in [0.15, 0.2) is 0 Å². The fraction of sp³-hybridized carbons (Fsp3) is 0.412. The van der Waals surface area contributed by atoms with Crippen LogP contribution < -0.4 is 5.32 Å². The maximum absolute atomic E-state index is 12.0. The van der Waals surface area contributed by atoms with E-state index in [0.717, 1.165) is 5.56 Å². The Morgan fingerprint density at radius 1 is 1.26 bits per heavy atom. The predicted molar refractivity (Wildman–Crippen MR) is 83.7 cm³/mol. The average molecular weight is 316 g/mol. The van der Waals surface area contributed by atoms with Crippen molar-refractivity contribution >= 4 is 5.91 Å². The number of aliphatic hydroxyl groups is 1. The van der Waals surface area contributed by atoms with Crippen molar-refractivity contribution in [1.82, 2.24) is 10.3 Å². The molecule has 2 heterocycles. The zero-order chi connectivity index (χ0) is 16.1. The minimum absolute atomic E-state index is 0.128. The van der Waals surface area contributed by atoms with Crippen molar-refractivity contribution < 1.29 is 19.1 Å². The van der Waals surface area contributed by atoms with Gasteiger partial charge in [-0.05, 0) is 12.1 Å². The van der Waals surface area contributed by atoms with Crippen LogP contribution in [0.1, 0.15) is 18.5 Å². The Bertz CT molecular complexity index is 648. The Morgan fingerprint density at radius 3 is 2.74 bits per heavy atom. The number of hydrogen-bond acceptors (Lipinski definition) is 5. The second-order valence-electron chi connectivity index (χ2n) is 5.80. The summed E-state index contributed by atoms with van der Waals surface area (Å²) in [6.45, 7) is 1.28. The molecule has 23 heavy (non-hydrogen) atoms. The van der Waals surface area contributed by atoms with Gasteiger partial charge in [-0.15, -0.1) is 0 Å². The topological polar surface area (TPSA) is 84.6 Å². The van der Waals surface area contributed by atoms with Gasteiger partial charge in [0.2, 0.25) is 11.8 Å². The summed E-state index contributed by atoms with van der Waals surface area (Å²) in [5.41, 5.74) is 0.573. The minimum atomic E-state index is -0.868. The Hall–Kier alpha value is -2.18. The molecule has 0 atom stereocenters. The SMILES string of the molecule is O=C(Cc1coc(-c2ccccc2)n1)NCC1(O)CCOCC1. The number of ether oxygens (including phenoxy) is 1. The summed E-state index contributed by atoms with van der Waals surface area (Å²) >= 11 is 0. The second-order valence-corrected chi connectivity index (χ2v) is 5.80. The lowest BCUT2D eigenvalue weighted by atomic mass is 9.94. The van der Waals surface area contributed by atoms with E-state index in [4.69, 9.17) is 9.15 Å². The number of rotatable bonds is 5. The molecular weight excluding hydrogens is 296 g/mol. The molecule has 1 aromatic heterocycles. The van der Waals surface area contributed by atoms with E-state index in [1.54, 1.807) is 0 Å². The summed E-state index contributed by atoms with van der Waals surface area (Å²) in [5.74, 6) is 0.314. The summed E-state index contributed by atoms with van der Waals surface area (Å²) in [6.07, 6.45) is 2.69. The average Bonchev–Trinajstić information content (AvgIpc) is 3.03. The molecule has 0 saturated carbocycles. The number of carbonyl (C=O) groups is 1. The number of oxazole rings is 1. The summed E-state index contributed by atoms with van der Waals surface area (Å²) in [7, 11) is 0. The fourth-order valence-electron chi connectivity index (χ4n) is 2.52. The Balaban J connectivity index is 1.53. The Morgan fingerprint density at radius 2 is 2.00 bits per heavy atom. The van der Waals surface area contributed by atoms with Crippen LogP contribution in [0.25, 0.3) is 11.5 Å². The molecule has 0 aliphatic carbocycles. The number of carbonyl (C=O) groups excluding carboxylic acids is 1. The van der Waals surface area contributed by atoms with Crippen molar-refractivity contribution in [1.29, 1.82) is 0 Å². The Kier molecular flexibility index (Phi) is 4.73. The van der Waals surface area contributed by atoms with Crippen LogP contribution in [-0.4, -0.2) is 41.4 Å². The molecule has 6 heteroatoms. The first-order valence-corrected chi connectivity index (χ1v) is 7.71. The van der Waals surface area contributed by atoms with Crippen molar-refractivity contribution in [2.45, 2.75) is 24.9 Å². The van der Waals surface area contributed by atoms with Crippen molar-refractivity contribution in [2.24, 2.45) is 0 Å². The number of aromatic nitrogens is 1. The molecule has 0 radical (unpaired) electrons. The largest absolute Gasteiger partial charge is 0.444 e.